The van der Waals surface area contributed by atoms with Crippen LogP contribution < -0.4 is 10.6 Å². The molecule has 0 aromatic heterocycles. The average molecular weight is 443 g/mol. The third kappa shape index (κ3) is 7.26. The van der Waals surface area contributed by atoms with Gasteiger partial charge in [0.15, 0.2) is 0 Å². The van der Waals surface area contributed by atoms with Crippen molar-refractivity contribution in [1.82, 2.24) is 20.4 Å². The number of hydrogen-bond donors (Lipinski definition) is 2. The van der Waals surface area contributed by atoms with Gasteiger partial charge >= 0.3 is 6.03 Å². The van der Waals surface area contributed by atoms with Crippen LogP contribution in [0.2, 0.25) is 5.02 Å². The second kappa shape index (κ2) is 11.7. The van der Waals surface area contributed by atoms with Gasteiger partial charge in [0.25, 0.3) is 0 Å². The minimum absolute atomic E-state index is 0.0720. The van der Waals surface area contributed by atoms with Crippen molar-refractivity contribution in [2.75, 3.05) is 33.2 Å². The fourth-order valence-corrected chi connectivity index (χ4v) is 4.07. The molecule has 31 heavy (non-hydrogen) atoms. The Morgan fingerprint density at radius 1 is 1.06 bits per heavy atom. The van der Waals surface area contributed by atoms with Gasteiger partial charge in [0.1, 0.15) is 0 Å². The number of rotatable bonds is 9. The molecule has 2 aromatic carbocycles. The quantitative estimate of drug-likeness (QED) is 0.620. The number of carbonyl (C=O) groups excluding carboxylic acids is 2. The van der Waals surface area contributed by atoms with Gasteiger partial charge in [-0.1, -0.05) is 54.1 Å². The summed E-state index contributed by atoms with van der Waals surface area (Å²) in [5, 5.41) is 6.55. The van der Waals surface area contributed by atoms with Gasteiger partial charge in [0.2, 0.25) is 5.91 Å². The maximum absolute atomic E-state index is 12.4. The fraction of sp³-hybridized carbons (Fsp3) is 0.417. The molecule has 1 saturated heterocycles. The van der Waals surface area contributed by atoms with Gasteiger partial charge in [-0.2, -0.15) is 0 Å². The van der Waals surface area contributed by atoms with Crippen LogP contribution in [0.5, 0.6) is 0 Å². The zero-order valence-electron chi connectivity index (χ0n) is 18.0. The Morgan fingerprint density at radius 2 is 1.81 bits per heavy atom. The smallest absolute Gasteiger partial charge is 0.317 e. The van der Waals surface area contributed by atoms with Gasteiger partial charge in [0.05, 0.1) is 6.04 Å². The van der Waals surface area contributed by atoms with E-state index in [1.54, 1.807) is 11.9 Å². The van der Waals surface area contributed by atoms with Crippen LogP contribution in [0, 0.1) is 0 Å². The summed E-state index contributed by atoms with van der Waals surface area (Å²) in [4.78, 5) is 28.6. The van der Waals surface area contributed by atoms with E-state index in [0.717, 1.165) is 24.2 Å². The monoisotopic (exact) mass is 442 g/mol. The number of nitrogens with zero attached hydrogens (tertiary/aromatic N) is 2. The summed E-state index contributed by atoms with van der Waals surface area (Å²) in [6, 6.07) is 17.6. The van der Waals surface area contributed by atoms with E-state index >= 15 is 0 Å². The van der Waals surface area contributed by atoms with Crippen LogP contribution >= 0.6 is 11.6 Å². The molecule has 1 heterocycles. The van der Waals surface area contributed by atoms with Crippen LogP contribution in [0.15, 0.2) is 54.6 Å². The molecule has 0 radical (unpaired) electrons. The molecule has 0 saturated carbocycles. The minimum Gasteiger partial charge on any atom is -0.354 e. The second-order valence-corrected chi connectivity index (χ2v) is 8.38. The van der Waals surface area contributed by atoms with Gasteiger partial charge in [0, 0.05) is 38.1 Å². The highest BCUT2D eigenvalue weighted by molar-refractivity contribution is 6.30. The summed E-state index contributed by atoms with van der Waals surface area (Å²) in [6.07, 6.45) is 2.59. The molecule has 0 spiro atoms. The highest BCUT2D eigenvalue weighted by Crippen LogP contribution is 2.26. The lowest BCUT2D eigenvalue weighted by Crippen LogP contribution is -2.40. The molecular weight excluding hydrogens is 412 g/mol. The predicted octanol–water partition coefficient (Wildman–Crippen LogP) is 3.82. The number of carbonyl (C=O) groups is 2. The molecule has 1 atom stereocenters. The van der Waals surface area contributed by atoms with E-state index in [1.807, 2.05) is 48.5 Å². The van der Waals surface area contributed by atoms with E-state index in [2.05, 4.69) is 21.6 Å². The topological polar surface area (TPSA) is 64.7 Å². The Hall–Kier alpha value is -2.57. The summed E-state index contributed by atoms with van der Waals surface area (Å²) in [6.45, 7) is 3.40. The molecule has 3 rings (SSSR count). The Balaban J connectivity index is 1.43. The molecule has 1 fully saturated rings. The normalized spacial score (nSPS) is 14.8. The first-order valence-corrected chi connectivity index (χ1v) is 11.2. The van der Waals surface area contributed by atoms with Crippen molar-refractivity contribution in [1.29, 1.82) is 0 Å². The van der Waals surface area contributed by atoms with Crippen LogP contribution in [0.25, 0.3) is 0 Å². The molecule has 3 amide bonds. The Bertz CT molecular complexity index is 856. The summed E-state index contributed by atoms with van der Waals surface area (Å²) < 4.78 is 0. The van der Waals surface area contributed by atoms with Crippen molar-refractivity contribution in [3.63, 3.8) is 0 Å². The van der Waals surface area contributed by atoms with Gasteiger partial charge in [-0.15, -0.1) is 0 Å². The fourth-order valence-electron chi connectivity index (χ4n) is 3.87. The number of halogens is 1. The van der Waals surface area contributed by atoms with Crippen molar-refractivity contribution in [3.05, 3.63) is 70.7 Å². The van der Waals surface area contributed by atoms with Crippen LogP contribution in [0.1, 0.15) is 36.4 Å². The first-order chi connectivity index (χ1) is 15.0. The summed E-state index contributed by atoms with van der Waals surface area (Å²) in [5.74, 6) is -0.0720. The molecule has 2 N–H and O–H groups in total. The molecular formula is C24H31ClN4O2. The second-order valence-electron chi connectivity index (χ2n) is 7.94. The zero-order chi connectivity index (χ0) is 22.1. The maximum Gasteiger partial charge on any atom is 0.317 e. The van der Waals surface area contributed by atoms with E-state index in [-0.39, 0.29) is 24.4 Å². The van der Waals surface area contributed by atoms with E-state index in [0.29, 0.717) is 24.7 Å². The molecule has 2 aromatic rings. The number of likely N-dealkylation sites (tertiary alicyclic amines) is 1. The zero-order valence-corrected chi connectivity index (χ0v) is 18.8. The standard InChI is InChI=1S/C24H31ClN4O2/c1-28(18-19-8-3-2-4-9-19)24(31)26-13-12-23(30)27-17-22(29-14-5-6-15-29)20-10-7-11-21(25)16-20/h2-4,7-11,16,22H,5-6,12-15,17-18H2,1H3,(H,26,31)(H,27,30). The average Bonchev–Trinajstić information content (AvgIpc) is 3.29. The van der Waals surface area contributed by atoms with Gasteiger partial charge in [-0.3, -0.25) is 9.69 Å². The summed E-state index contributed by atoms with van der Waals surface area (Å²) >= 11 is 6.18. The molecule has 0 aliphatic carbocycles. The lowest BCUT2D eigenvalue weighted by atomic mass is 10.1. The number of benzene rings is 2. The first-order valence-electron chi connectivity index (χ1n) is 10.8. The van der Waals surface area contributed by atoms with Crippen molar-refractivity contribution < 1.29 is 9.59 Å². The van der Waals surface area contributed by atoms with Gasteiger partial charge in [-0.05, 0) is 49.2 Å². The van der Waals surface area contributed by atoms with Crippen LogP contribution in [0.3, 0.4) is 0 Å². The van der Waals surface area contributed by atoms with Crippen LogP contribution in [-0.2, 0) is 11.3 Å². The molecule has 1 unspecified atom stereocenters. The Labute approximate surface area is 189 Å². The molecule has 6 nitrogen and oxygen atoms in total. The number of nitrogens with one attached hydrogen (secondary N) is 2. The summed E-state index contributed by atoms with van der Waals surface area (Å²) in [7, 11) is 1.74. The Morgan fingerprint density at radius 3 is 2.52 bits per heavy atom. The molecule has 166 valence electrons. The molecule has 0 bridgehead atoms. The van der Waals surface area contributed by atoms with E-state index in [9.17, 15) is 9.59 Å². The third-order valence-electron chi connectivity index (χ3n) is 5.55. The molecule has 1 aliphatic rings. The number of urea groups is 1. The maximum atomic E-state index is 12.4. The molecule has 1 aliphatic heterocycles. The van der Waals surface area contributed by atoms with Gasteiger partial charge < -0.3 is 15.5 Å². The predicted molar refractivity (Wildman–Crippen MR) is 124 cm³/mol. The SMILES string of the molecule is CN(Cc1ccccc1)C(=O)NCCC(=O)NCC(c1cccc(Cl)c1)N1CCCC1. The number of amides is 3. The van der Waals surface area contributed by atoms with Crippen molar-refractivity contribution in [3.8, 4) is 0 Å². The van der Waals surface area contributed by atoms with E-state index in [4.69, 9.17) is 11.6 Å². The lowest BCUT2D eigenvalue weighted by Gasteiger charge is -2.28. The highest BCUT2D eigenvalue weighted by atomic mass is 35.5. The Kier molecular flexibility index (Phi) is 8.74. The third-order valence-corrected chi connectivity index (χ3v) is 5.78. The first kappa shape index (κ1) is 23.1. The number of hydrogen-bond acceptors (Lipinski definition) is 3. The highest BCUT2D eigenvalue weighted by Gasteiger charge is 2.24. The molecule has 7 heteroatoms. The minimum atomic E-state index is -0.189. The van der Waals surface area contributed by atoms with E-state index in [1.165, 1.54) is 12.8 Å². The van der Waals surface area contributed by atoms with Crippen molar-refractivity contribution in [2.45, 2.75) is 31.8 Å². The van der Waals surface area contributed by atoms with E-state index < -0.39 is 0 Å². The lowest BCUT2D eigenvalue weighted by molar-refractivity contribution is -0.121. The van der Waals surface area contributed by atoms with Crippen molar-refractivity contribution in [2.24, 2.45) is 0 Å². The largest absolute Gasteiger partial charge is 0.354 e. The van der Waals surface area contributed by atoms with Crippen LogP contribution in [-0.4, -0.2) is 55.0 Å². The van der Waals surface area contributed by atoms with Crippen molar-refractivity contribution >= 4 is 23.5 Å². The van der Waals surface area contributed by atoms with Gasteiger partial charge in [-0.25, -0.2) is 4.79 Å². The van der Waals surface area contributed by atoms with Crippen LogP contribution in [0.4, 0.5) is 4.79 Å². The summed E-state index contributed by atoms with van der Waals surface area (Å²) in [5.41, 5.74) is 2.18.